The summed E-state index contributed by atoms with van der Waals surface area (Å²) in [7, 11) is -0.691. The van der Waals surface area contributed by atoms with Crippen LogP contribution in [0.1, 0.15) is 34.1 Å². The minimum atomic E-state index is -0.691. The quantitative estimate of drug-likeness (QED) is 0.668. The SMILES string of the molecule is C#CC(C)(C)N1CC(C)S(=O)C(CC)C1. The molecule has 0 aromatic heterocycles. The van der Waals surface area contributed by atoms with Crippen LogP contribution in [-0.2, 0) is 10.8 Å². The lowest BCUT2D eigenvalue weighted by Crippen LogP contribution is -2.55. The molecule has 3 heteroatoms. The Labute approximate surface area is 95.9 Å². The molecule has 0 bridgehead atoms. The number of hydrogen-bond acceptors (Lipinski definition) is 2. The molecular formula is C12H21NOS. The average molecular weight is 227 g/mol. The summed E-state index contributed by atoms with van der Waals surface area (Å²) in [6.07, 6.45) is 6.50. The van der Waals surface area contributed by atoms with Crippen molar-refractivity contribution in [3.63, 3.8) is 0 Å². The fourth-order valence-corrected chi connectivity index (χ4v) is 3.59. The number of terminal acetylenes is 1. The topological polar surface area (TPSA) is 20.3 Å². The third-order valence-corrected chi connectivity index (χ3v) is 5.31. The second kappa shape index (κ2) is 4.67. The zero-order chi connectivity index (χ0) is 11.6. The van der Waals surface area contributed by atoms with E-state index in [1.54, 1.807) is 0 Å². The highest BCUT2D eigenvalue weighted by molar-refractivity contribution is 7.86. The molecule has 0 aliphatic carbocycles. The highest BCUT2D eigenvalue weighted by atomic mass is 32.2. The molecule has 15 heavy (non-hydrogen) atoms. The molecular weight excluding hydrogens is 206 g/mol. The van der Waals surface area contributed by atoms with Crippen molar-refractivity contribution in [1.82, 2.24) is 4.90 Å². The van der Waals surface area contributed by atoms with Crippen LogP contribution in [0.4, 0.5) is 0 Å². The predicted octanol–water partition coefficient (Wildman–Crippen LogP) is 1.63. The second-order valence-corrected chi connectivity index (χ2v) is 6.91. The van der Waals surface area contributed by atoms with Crippen LogP contribution < -0.4 is 0 Å². The lowest BCUT2D eigenvalue weighted by Gasteiger charge is -2.42. The van der Waals surface area contributed by atoms with Gasteiger partial charge >= 0.3 is 0 Å². The molecule has 3 atom stereocenters. The first kappa shape index (κ1) is 12.7. The maximum Gasteiger partial charge on any atom is 0.0766 e. The lowest BCUT2D eigenvalue weighted by molar-refractivity contribution is 0.162. The van der Waals surface area contributed by atoms with E-state index < -0.39 is 10.8 Å². The minimum absolute atomic E-state index is 0.216. The molecule has 0 radical (unpaired) electrons. The van der Waals surface area contributed by atoms with Crippen molar-refractivity contribution in [3.8, 4) is 12.3 Å². The van der Waals surface area contributed by atoms with Gasteiger partial charge in [-0.2, -0.15) is 0 Å². The van der Waals surface area contributed by atoms with Gasteiger partial charge < -0.3 is 0 Å². The summed E-state index contributed by atoms with van der Waals surface area (Å²) < 4.78 is 11.9. The summed E-state index contributed by atoms with van der Waals surface area (Å²) in [6, 6.07) is 0. The normalized spacial score (nSPS) is 33.7. The van der Waals surface area contributed by atoms with E-state index in [0.717, 1.165) is 19.5 Å². The summed E-state index contributed by atoms with van der Waals surface area (Å²) in [4.78, 5) is 2.28. The van der Waals surface area contributed by atoms with Gasteiger partial charge in [-0.3, -0.25) is 9.11 Å². The van der Waals surface area contributed by atoms with Crippen LogP contribution in [0.3, 0.4) is 0 Å². The Kier molecular flexibility index (Phi) is 3.97. The van der Waals surface area contributed by atoms with Crippen LogP contribution in [0.5, 0.6) is 0 Å². The molecule has 1 saturated heterocycles. The zero-order valence-electron chi connectivity index (χ0n) is 10.1. The first-order chi connectivity index (χ1) is 6.92. The van der Waals surface area contributed by atoms with Gasteiger partial charge in [0.15, 0.2) is 0 Å². The van der Waals surface area contributed by atoms with Gasteiger partial charge in [-0.25, -0.2) is 0 Å². The average Bonchev–Trinajstić information content (AvgIpc) is 2.21. The molecule has 0 saturated carbocycles. The number of hydrogen-bond donors (Lipinski definition) is 0. The molecule has 1 aliphatic heterocycles. The highest BCUT2D eigenvalue weighted by Gasteiger charge is 2.36. The van der Waals surface area contributed by atoms with Crippen LogP contribution in [-0.4, -0.2) is 38.2 Å². The Morgan fingerprint density at radius 3 is 2.60 bits per heavy atom. The number of rotatable bonds is 2. The monoisotopic (exact) mass is 227 g/mol. The van der Waals surface area contributed by atoms with E-state index in [0.29, 0.717) is 0 Å². The molecule has 86 valence electrons. The van der Waals surface area contributed by atoms with Crippen molar-refractivity contribution in [3.05, 3.63) is 0 Å². The fraction of sp³-hybridized carbons (Fsp3) is 0.833. The Morgan fingerprint density at radius 2 is 2.13 bits per heavy atom. The Hall–Kier alpha value is -0.330. The third kappa shape index (κ3) is 2.62. The van der Waals surface area contributed by atoms with Crippen LogP contribution in [0.25, 0.3) is 0 Å². The van der Waals surface area contributed by atoms with E-state index >= 15 is 0 Å². The molecule has 0 aromatic rings. The van der Waals surface area contributed by atoms with Crippen LogP contribution in [0.15, 0.2) is 0 Å². The number of nitrogens with zero attached hydrogens (tertiary/aromatic N) is 1. The van der Waals surface area contributed by atoms with Crippen LogP contribution in [0, 0.1) is 12.3 Å². The molecule has 1 rings (SSSR count). The summed E-state index contributed by atoms with van der Waals surface area (Å²) in [5.74, 6) is 2.82. The smallest absolute Gasteiger partial charge is 0.0766 e. The predicted molar refractivity (Wildman–Crippen MR) is 66.2 cm³/mol. The summed E-state index contributed by atoms with van der Waals surface area (Å²) >= 11 is 0. The second-order valence-electron chi connectivity index (χ2n) is 4.78. The molecule has 0 amide bonds. The summed E-state index contributed by atoms with van der Waals surface area (Å²) in [5, 5.41) is 0.512. The van der Waals surface area contributed by atoms with Gasteiger partial charge in [0.05, 0.1) is 5.54 Å². The Bertz CT molecular complexity index is 292. The third-order valence-electron chi connectivity index (χ3n) is 3.23. The molecule has 1 aliphatic rings. The molecule has 0 aromatic carbocycles. The largest absolute Gasteiger partial charge is 0.285 e. The maximum absolute atomic E-state index is 11.9. The van der Waals surface area contributed by atoms with Crippen molar-refractivity contribution in [2.75, 3.05) is 13.1 Å². The standard InChI is InChI=1S/C12H21NOS/c1-6-11-9-13(12(4,5)7-2)8-10(3)15(11)14/h2,10-11H,6,8-9H2,1,3-5H3. The van der Waals surface area contributed by atoms with Crippen LogP contribution >= 0.6 is 0 Å². The van der Waals surface area contributed by atoms with Gasteiger partial charge in [-0.1, -0.05) is 12.8 Å². The molecule has 0 N–H and O–H groups in total. The molecule has 2 nitrogen and oxygen atoms in total. The first-order valence-corrected chi connectivity index (χ1v) is 6.82. The van der Waals surface area contributed by atoms with Crippen LogP contribution in [0.2, 0.25) is 0 Å². The van der Waals surface area contributed by atoms with Gasteiger partial charge in [-0.05, 0) is 27.2 Å². The Morgan fingerprint density at radius 1 is 1.53 bits per heavy atom. The van der Waals surface area contributed by atoms with E-state index in [4.69, 9.17) is 6.42 Å². The molecule has 0 spiro atoms. The van der Waals surface area contributed by atoms with E-state index in [9.17, 15) is 4.21 Å². The van der Waals surface area contributed by atoms with Crippen molar-refractivity contribution < 1.29 is 4.21 Å². The summed E-state index contributed by atoms with van der Waals surface area (Å²) in [5.41, 5.74) is -0.216. The van der Waals surface area contributed by atoms with Gasteiger partial charge in [0.1, 0.15) is 0 Å². The van der Waals surface area contributed by atoms with E-state index in [1.807, 2.05) is 0 Å². The maximum atomic E-state index is 11.9. The van der Waals surface area contributed by atoms with Gasteiger partial charge in [0.2, 0.25) is 0 Å². The first-order valence-electron chi connectivity index (χ1n) is 5.54. The highest BCUT2D eigenvalue weighted by Crippen LogP contribution is 2.23. The lowest BCUT2D eigenvalue weighted by atomic mass is 10.0. The summed E-state index contributed by atoms with van der Waals surface area (Å²) in [6.45, 7) is 9.98. The fourth-order valence-electron chi connectivity index (χ4n) is 1.95. The Balaban J connectivity index is 2.81. The van der Waals surface area contributed by atoms with Crippen molar-refractivity contribution in [1.29, 1.82) is 0 Å². The molecule has 3 unspecified atom stereocenters. The van der Waals surface area contributed by atoms with Crippen molar-refractivity contribution in [2.24, 2.45) is 0 Å². The van der Waals surface area contributed by atoms with E-state index in [2.05, 4.69) is 38.5 Å². The van der Waals surface area contributed by atoms with E-state index in [1.165, 1.54) is 0 Å². The van der Waals surface area contributed by atoms with Crippen molar-refractivity contribution >= 4 is 10.8 Å². The van der Waals surface area contributed by atoms with Crippen molar-refractivity contribution in [2.45, 2.75) is 50.2 Å². The molecule has 1 fully saturated rings. The van der Waals surface area contributed by atoms with E-state index in [-0.39, 0.29) is 16.0 Å². The van der Waals surface area contributed by atoms with Gasteiger partial charge in [0, 0.05) is 34.4 Å². The zero-order valence-corrected chi connectivity index (χ0v) is 10.9. The minimum Gasteiger partial charge on any atom is -0.285 e. The molecule has 1 heterocycles. The van der Waals surface area contributed by atoms with Gasteiger partial charge in [0.25, 0.3) is 0 Å². The van der Waals surface area contributed by atoms with Gasteiger partial charge in [-0.15, -0.1) is 6.42 Å².